The number of hydrogen-bond acceptors (Lipinski definition) is 7. The molecule has 258 valence electrons. The molecule has 0 bridgehead atoms. The number of imide groups is 1. The molecule has 0 unspecified atom stereocenters. The van der Waals surface area contributed by atoms with Crippen LogP contribution in [0.2, 0.25) is 18.1 Å². The van der Waals surface area contributed by atoms with Gasteiger partial charge in [0.1, 0.15) is 11.5 Å². The normalized spacial score (nSPS) is 17.1. The van der Waals surface area contributed by atoms with Crippen LogP contribution in [0.3, 0.4) is 0 Å². The molecule has 0 spiro atoms. The van der Waals surface area contributed by atoms with Crippen molar-refractivity contribution in [3.8, 4) is 5.75 Å². The molecule has 2 amide bonds. The number of amides is 2. The lowest BCUT2D eigenvalue weighted by Gasteiger charge is -2.36. The van der Waals surface area contributed by atoms with Crippen molar-refractivity contribution in [3.05, 3.63) is 35.4 Å². The third kappa shape index (κ3) is 10.4. The highest BCUT2D eigenvalue weighted by molar-refractivity contribution is 6.74. The van der Waals surface area contributed by atoms with Gasteiger partial charge in [-0.1, -0.05) is 99.1 Å². The van der Waals surface area contributed by atoms with E-state index >= 15 is 0 Å². The Labute approximate surface area is 278 Å². The molecule has 0 aromatic heterocycles. The molecular weight excluding hydrogens is 598 g/mol. The quantitative estimate of drug-likeness (QED) is 0.0884. The fourth-order valence-corrected chi connectivity index (χ4v) is 7.07. The lowest BCUT2D eigenvalue weighted by molar-refractivity contribution is -0.197. The maximum Gasteiger partial charge on any atom is 0.333 e. The van der Waals surface area contributed by atoms with Gasteiger partial charge in [0.15, 0.2) is 0 Å². The number of rotatable bonds is 18. The van der Waals surface area contributed by atoms with Gasteiger partial charge >= 0.3 is 5.97 Å². The Balaban J connectivity index is 1.37. The molecule has 2 aliphatic heterocycles. The zero-order chi connectivity index (χ0) is 34.2. The summed E-state index contributed by atoms with van der Waals surface area (Å²) >= 11 is 0. The van der Waals surface area contributed by atoms with E-state index in [2.05, 4.69) is 85.8 Å². The van der Waals surface area contributed by atoms with E-state index in [0.29, 0.717) is 24.7 Å². The van der Waals surface area contributed by atoms with E-state index in [1.807, 2.05) is 0 Å². The van der Waals surface area contributed by atoms with Crippen LogP contribution in [0.25, 0.3) is 5.76 Å². The summed E-state index contributed by atoms with van der Waals surface area (Å²) in [5, 5.41) is 0.748. The van der Waals surface area contributed by atoms with E-state index < -0.39 is 26.1 Å². The van der Waals surface area contributed by atoms with Crippen LogP contribution in [0.4, 0.5) is 0 Å². The van der Waals surface area contributed by atoms with Crippen LogP contribution in [0.5, 0.6) is 5.75 Å². The molecule has 8 nitrogen and oxygen atoms in total. The number of nitrogens with zero attached hydrogens (tertiary/aromatic N) is 1. The average molecular weight is 658 g/mol. The fraction of sp³-hybridized carbons (Fsp3) is 0.703. The Kier molecular flexibility index (Phi) is 13.1. The van der Waals surface area contributed by atoms with Crippen LogP contribution in [-0.2, 0) is 28.7 Å². The predicted molar refractivity (Wildman–Crippen MR) is 184 cm³/mol. The van der Waals surface area contributed by atoms with Gasteiger partial charge in [-0.2, -0.15) is 0 Å². The van der Waals surface area contributed by atoms with Crippen LogP contribution in [0.15, 0.2) is 29.8 Å². The Morgan fingerprint density at radius 3 is 2.11 bits per heavy atom. The van der Waals surface area contributed by atoms with Gasteiger partial charge in [0, 0.05) is 42.3 Å². The third-order valence-corrected chi connectivity index (χ3v) is 13.9. The van der Waals surface area contributed by atoms with Crippen molar-refractivity contribution in [2.45, 2.75) is 137 Å². The Morgan fingerprint density at radius 1 is 0.913 bits per heavy atom. The van der Waals surface area contributed by atoms with Gasteiger partial charge in [-0.25, -0.2) is 4.79 Å². The summed E-state index contributed by atoms with van der Waals surface area (Å²) in [5.41, 5.74) is 2.10. The number of unbranched alkanes of at least 4 members (excludes halogenated alkanes) is 7. The molecule has 2 aliphatic rings. The molecule has 0 radical (unpaired) electrons. The van der Waals surface area contributed by atoms with E-state index in [1.165, 1.54) is 5.57 Å². The Bertz CT molecular complexity index is 1230. The SMILES string of the molecule is CC(C)(COCCCCCCCCCCC(=O)ON1C(=O)CCC1=O)C1=C(c2cccc(O[Si](C)(C)C(C)(C)C)c2)OCC1(C)C. The fourth-order valence-electron chi connectivity index (χ4n) is 6.04. The number of hydrogen-bond donors (Lipinski definition) is 0. The Morgan fingerprint density at radius 2 is 1.50 bits per heavy atom. The molecule has 9 heteroatoms. The molecule has 0 N–H and O–H groups in total. The lowest BCUT2D eigenvalue weighted by atomic mass is 9.70. The first-order chi connectivity index (χ1) is 21.4. The van der Waals surface area contributed by atoms with E-state index in [-0.39, 0.29) is 35.1 Å². The maximum atomic E-state index is 11.9. The van der Waals surface area contributed by atoms with E-state index in [1.54, 1.807) is 0 Å². The van der Waals surface area contributed by atoms with E-state index in [9.17, 15) is 14.4 Å². The largest absolute Gasteiger partial charge is 0.543 e. The highest BCUT2D eigenvalue weighted by Crippen LogP contribution is 2.50. The van der Waals surface area contributed by atoms with Crippen LogP contribution in [0, 0.1) is 10.8 Å². The summed E-state index contributed by atoms with van der Waals surface area (Å²) in [5.74, 6) is 0.498. The number of hydroxylamine groups is 2. The molecular formula is C37H59NO7Si. The minimum atomic E-state index is -1.96. The summed E-state index contributed by atoms with van der Waals surface area (Å²) < 4.78 is 19.3. The highest BCUT2D eigenvalue weighted by atomic mass is 28.4. The zero-order valence-electron chi connectivity index (χ0n) is 30.0. The summed E-state index contributed by atoms with van der Waals surface area (Å²) in [4.78, 5) is 39.9. The summed E-state index contributed by atoms with van der Waals surface area (Å²) in [6.07, 6.45) is 8.77. The van der Waals surface area contributed by atoms with E-state index in [4.69, 9.17) is 18.7 Å². The summed E-state index contributed by atoms with van der Waals surface area (Å²) in [6.45, 7) is 22.4. The molecule has 1 aromatic rings. The van der Waals surface area contributed by atoms with Crippen LogP contribution >= 0.6 is 0 Å². The second-order valence-electron chi connectivity index (χ2n) is 15.8. The van der Waals surface area contributed by atoms with Crippen molar-refractivity contribution in [1.82, 2.24) is 5.06 Å². The first-order valence-electron chi connectivity index (χ1n) is 17.3. The van der Waals surface area contributed by atoms with Gasteiger partial charge in [-0.15, -0.1) is 5.06 Å². The van der Waals surface area contributed by atoms with Crippen molar-refractivity contribution >= 4 is 31.9 Å². The standard InChI is InChI=1S/C37H59NO7Si/c1-35(2,3)46(8,9)45-29-20-18-19-28(25-29)33-34(37(6,7)27-43-33)36(4,5)26-42-24-17-15-13-11-10-12-14-16-21-32(41)44-38-30(39)22-23-31(38)40/h18-20,25H,10-17,21-24,26-27H2,1-9H3. The van der Waals surface area contributed by atoms with Gasteiger partial charge in [-0.3, -0.25) is 9.59 Å². The van der Waals surface area contributed by atoms with Crippen LogP contribution in [0.1, 0.15) is 125 Å². The van der Waals surface area contributed by atoms with Gasteiger partial charge in [0.05, 0.1) is 13.2 Å². The molecule has 0 aliphatic carbocycles. The monoisotopic (exact) mass is 657 g/mol. The first kappa shape index (κ1) is 37.8. The molecule has 0 atom stereocenters. The number of carbonyl (C=O) groups excluding carboxylic acids is 3. The minimum absolute atomic E-state index is 0.0925. The Hall–Kier alpha value is -2.65. The number of carbonyl (C=O) groups is 3. The van der Waals surface area contributed by atoms with Crippen molar-refractivity contribution in [3.63, 3.8) is 0 Å². The molecule has 1 saturated heterocycles. The highest BCUT2D eigenvalue weighted by Gasteiger charge is 2.44. The van der Waals surface area contributed by atoms with Gasteiger partial charge < -0.3 is 18.7 Å². The average Bonchev–Trinajstić information content (AvgIpc) is 3.46. The maximum absolute atomic E-state index is 11.9. The van der Waals surface area contributed by atoms with Gasteiger partial charge in [-0.05, 0) is 48.7 Å². The van der Waals surface area contributed by atoms with Crippen molar-refractivity contribution < 1.29 is 33.1 Å². The van der Waals surface area contributed by atoms with Crippen LogP contribution in [-0.4, -0.2) is 51.0 Å². The predicted octanol–water partition coefficient (Wildman–Crippen LogP) is 9.00. The van der Waals surface area contributed by atoms with Crippen molar-refractivity contribution in [2.24, 2.45) is 10.8 Å². The molecule has 0 saturated carbocycles. The summed E-state index contributed by atoms with van der Waals surface area (Å²) in [7, 11) is -1.96. The molecule has 1 fully saturated rings. The van der Waals surface area contributed by atoms with Crippen molar-refractivity contribution in [1.29, 1.82) is 0 Å². The molecule has 3 rings (SSSR count). The topological polar surface area (TPSA) is 91.4 Å². The smallest absolute Gasteiger partial charge is 0.333 e. The number of benzene rings is 1. The zero-order valence-corrected chi connectivity index (χ0v) is 31.0. The molecule has 1 aromatic carbocycles. The minimum Gasteiger partial charge on any atom is -0.543 e. The van der Waals surface area contributed by atoms with Crippen molar-refractivity contribution in [2.75, 3.05) is 19.8 Å². The van der Waals surface area contributed by atoms with Gasteiger partial charge in [0.2, 0.25) is 8.32 Å². The van der Waals surface area contributed by atoms with E-state index in [0.717, 1.165) is 68.6 Å². The second-order valence-corrected chi connectivity index (χ2v) is 20.6. The lowest BCUT2D eigenvalue weighted by Crippen LogP contribution is -2.43. The number of ether oxygens (including phenoxy) is 2. The second kappa shape index (κ2) is 16.0. The third-order valence-electron chi connectivity index (χ3n) is 9.51. The van der Waals surface area contributed by atoms with Gasteiger partial charge in [0.25, 0.3) is 11.8 Å². The molecule has 2 heterocycles. The first-order valence-corrected chi connectivity index (χ1v) is 20.2. The molecule has 46 heavy (non-hydrogen) atoms. The van der Waals surface area contributed by atoms with Crippen LogP contribution < -0.4 is 4.43 Å². The summed E-state index contributed by atoms with van der Waals surface area (Å²) in [6, 6.07) is 8.40.